The van der Waals surface area contributed by atoms with Gasteiger partial charge in [-0.25, -0.2) is 4.99 Å². The Kier molecular flexibility index (Phi) is 9.85. The molecule has 4 rings (SSSR count). The number of aliphatic imine (C=N–C) groups is 2. The molecular weight excluding hydrogens is 476 g/mol. The van der Waals surface area contributed by atoms with E-state index in [2.05, 4.69) is 91.9 Å². The van der Waals surface area contributed by atoms with Crippen LogP contribution in [0.2, 0.25) is 0 Å². The quantitative estimate of drug-likeness (QED) is 0.134. The molecule has 1 aliphatic carbocycles. The number of benzene rings is 1. The first-order valence-corrected chi connectivity index (χ1v) is 13.7. The first-order chi connectivity index (χ1) is 19.1. The molecule has 2 aromatic rings. The Balaban J connectivity index is 1.73. The molecule has 0 fully saturated rings. The number of aromatic nitrogens is 1. The Morgan fingerprint density at radius 1 is 1.08 bits per heavy atom. The number of hydrogen-bond donors (Lipinski definition) is 2. The smallest absolute Gasteiger partial charge is 0.127 e. The van der Waals surface area contributed by atoms with Crippen molar-refractivity contribution >= 4 is 23.2 Å². The van der Waals surface area contributed by atoms with Gasteiger partial charge in [-0.05, 0) is 71.9 Å². The number of amidine groups is 1. The van der Waals surface area contributed by atoms with E-state index < -0.39 is 0 Å². The lowest BCUT2D eigenvalue weighted by molar-refractivity contribution is 0.885. The van der Waals surface area contributed by atoms with E-state index in [4.69, 9.17) is 15.7 Å². The minimum absolute atomic E-state index is 0.249. The van der Waals surface area contributed by atoms with Crippen molar-refractivity contribution in [2.45, 2.75) is 45.1 Å². The Labute approximate surface area is 232 Å². The molecule has 4 nitrogen and oxygen atoms in total. The third kappa shape index (κ3) is 7.11. The van der Waals surface area contributed by atoms with Crippen molar-refractivity contribution in [3.63, 3.8) is 0 Å². The molecule has 2 aliphatic rings. The number of nitrogens with zero attached hydrogens (tertiary/aromatic N) is 2. The topological polar surface area (TPSA) is 66.5 Å². The number of H-pyrrole nitrogens is 1. The van der Waals surface area contributed by atoms with Gasteiger partial charge in [0, 0.05) is 23.9 Å². The van der Waals surface area contributed by atoms with Crippen molar-refractivity contribution in [3.8, 4) is 0 Å². The Bertz CT molecular complexity index is 1430. The molecule has 39 heavy (non-hydrogen) atoms. The monoisotopic (exact) mass is 514 g/mol. The maximum Gasteiger partial charge on any atom is 0.127 e. The van der Waals surface area contributed by atoms with Crippen LogP contribution in [0.1, 0.15) is 61.0 Å². The van der Waals surface area contributed by atoms with E-state index in [0.717, 1.165) is 60.2 Å². The zero-order valence-electron chi connectivity index (χ0n) is 22.8. The molecular formula is C35H38N4. The molecule has 0 radical (unpaired) electrons. The van der Waals surface area contributed by atoms with Crippen LogP contribution in [-0.2, 0) is 6.42 Å². The fourth-order valence-electron chi connectivity index (χ4n) is 4.71. The second-order valence-electron chi connectivity index (χ2n) is 9.55. The van der Waals surface area contributed by atoms with Crippen molar-refractivity contribution in [2.24, 2.45) is 15.7 Å². The van der Waals surface area contributed by atoms with Crippen molar-refractivity contribution in [3.05, 3.63) is 144 Å². The van der Waals surface area contributed by atoms with Crippen LogP contribution in [0.3, 0.4) is 0 Å². The third-order valence-electron chi connectivity index (χ3n) is 6.70. The number of hydrogen-bond acceptors (Lipinski definition) is 3. The van der Waals surface area contributed by atoms with Crippen LogP contribution >= 0.6 is 0 Å². The summed E-state index contributed by atoms with van der Waals surface area (Å²) in [5, 5.41) is 0. The first kappa shape index (κ1) is 27.6. The second-order valence-corrected chi connectivity index (χ2v) is 9.55. The van der Waals surface area contributed by atoms with Gasteiger partial charge in [0.1, 0.15) is 5.84 Å². The van der Waals surface area contributed by atoms with Gasteiger partial charge in [-0.1, -0.05) is 86.7 Å². The largest absolute Gasteiger partial charge is 0.383 e. The molecule has 2 heterocycles. The number of nitrogens with one attached hydrogen (secondary N) is 1. The summed E-state index contributed by atoms with van der Waals surface area (Å²) < 4.78 is 0. The molecule has 3 N–H and O–H groups in total. The zero-order valence-corrected chi connectivity index (χ0v) is 22.8. The van der Waals surface area contributed by atoms with Gasteiger partial charge in [-0.15, -0.1) is 6.58 Å². The van der Waals surface area contributed by atoms with Crippen LogP contribution < -0.4 is 5.73 Å². The molecule has 1 atom stereocenters. The Morgan fingerprint density at radius 2 is 1.95 bits per heavy atom. The van der Waals surface area contributed by atoms with Crippen LogP contribution in [0.5, 0.6) is 0 Å². The highest BCUT2D eigenvalue weighted by atomic mass is 14.9. The summed E-state index contributed by atoms with van der Waals surface area (Å²) >= 11 is 0. The Morgan fingerprint density at radius 3 is 2.77 bits per heavy atom. The van der Waals surface area contributed by atoms with E-state index in [9.17, 15) is 0 Å². The number of rotatable bonds is 11. The lowest BCUT2D eigenvalue weighted by atomic mass is 9.85. The van der Waals surface area contributed by atoms with E-state index in [-0.39, 0.29) is 6.04 Å². The maximum absolute atomic E-state index is 6.68. The fourth-order valence-corrected chi connectivity index (χ4v) is 4.71. The summed E-state index contributed by atoms with van der Waals surface area (Å²) in [7, 11) is 0. The van der Waals surface area contributed by atoms with Gasteiger partial charge in [0.05, 0.1) is 17.5 Å². The van der Waals surface area contributed by atoms with Crippen molar-refractivity contribution in [1.29, 1.82) is 0 Å². The zero-order chi connectivity index (χ0) is 27.5. The fraction of sp³-hybridized carbons (Fsp3) is 0.200. The number of fused-ring (bicyclic) bond motifs is 2. The summed E-state index contributed by atoms with van der Waals surface area (Å²) in [5.41, 5.74) is 15.1. The molecule has 1 aromatic carbocycles. The summed E-state index contributed by atoms with van der Waals surface area (Å²) in [6, 6.07) is 10.2. The standard InChI is InChI=1S/C35H38N4/c1-4-7-9-11-13-16-28(6-3)38-29(17-12-10-8-5-2)25-33-30-18-14-15-19-31(30)34(35(36)39-33)27-21-20-26-22-23-37-32(26)24-27/h5-6,9,11-23,25,33,37H,2-4,7-8,10,24H2,1H3,(H2,36,39)/b11-9-,16-13?,17-12?,29-25?,34-27-,38-28?. The van der Waals surface area contributed by atoms with Crippen LogP contribution in [0.15, 0.2) is 132 Å². The van der Waals surface area contributed by atoms with E-state index in [0.29, 0.717) is 5.84 Å². The van der Waals surface area contributed by atoms with Gasteiger partial charge < -0.3 is 10.7 Å². The van der Waals surface area contributed by atoms with E-state index >= 15 is 0 Å². The number of aromatic amines is 1. The number of unbranched alkanes of at least 4 members (excludes halogenated alkanes) is 2. The molecule has 0 saturated heterocycles. The van der Waals surface area contributed by atoms with Gasteiger partial charge in [0.25, 0.3) is 0 Å². The van der Waals surface area contributed by atoms with Gasteiger partial charge >= 0.3 is 0 Å². The molecule has 198 valence electrons. The van der Waals surface area contributed by atoms with Crippen molar-refractivity contribution in [1.82, 2.24) is 4.98 Å². The third-order valence-corrected chi connectivity index (χ3v) is 6.70. The molecule has 0 bridgehead atoms. The summed E-state index contributed by atoms with van der Waals surface area (Å²) in [6.07, 6.45) is 29.2. The van der Waals surface area contributed by atoms with Crippen LogP contribution in [0, 0.1) is 0 Å². The summed E-state index contributed by atoms with van der Waals surface area (Å²) in [5.74, 6) is 0.550. The molecule has 1 unspecified atom stereocenters. The molecule has 0 amide bonds. The summed E-state index contributed by atoms with van der Waals surface area (Å²) in [4.78, 5) is 13.3. The predicted octanol–water partition coefficient (Wildman–Crippen LogP) is 8.40. The van der Waals surface area contributed by atoms with E-state index in [1.165, 1.54) is 16.8 Å². The average molecular weight is 515 g/mol. The normalized spacial score (nSPS) is 19.5. The highest BCUT2D eigenvalue weighted by Crippen LogP contribution is 2.38. The molecule has 0 saturated carbocycles. The average Bonchev–Trinajstić information content (AvgIpc) is 3.42. The first-order valence-electron chi connectivity index (χ1n) is 13.7. The van der Waals surface area contributed by atoms with Crippen LogP contribution in [0.4, 0.5) is 0 Å². The van der Waals surface area contributed by atoms with Crippen LogP contribution in [0.25, 0.3) is 11.6 Å². The second kappa shape index (κ2) is 13.9. The molecule has 1 aromatic heterocycles. The van der Waals surface area contributed by atoms with Gasteiger partial charge in [-0.3, -0.25) is 4.99 Å². The predicted molar refractivity (Wildman–Crippen MR) is 169 cm³/mol. The lowest BCUT2D eigenvalue weighted by Crippen LogP contribution is -2.23. The summed E-state index contributed by atoms with van der Waals surface area (Å²) in [6.45, 7) is 9.97. The Hall–Kier alpha value is -4.44. The van der Waals surface area contributed by atoms with Gasteiger partial charge in [0.2, 0.25) is 0 Å². The minimum Gasteiger partial charge on any atom is -0.383 e. The highest BCUT2D eigenvalue weighted by molar-refractivity contribution is 6.25. The van der Waals surface area contributed by atoms with Gasteiger partial charge in [0.15, 0.2) is 0 Å². The van der Waals surface area contributed by atoms with Gasteiger partial charge in [-0.2, -0.15) is 0 Å². The highest BCUT2D eigenvalue weighted by Gasteiger charge is 2.26. The minimum atomic E-state index is -0.249. The van der Waals surface area contributed by atoms with Crippen molar-refractivity contribution < 1.29 is 0 Å². The SMILES string of the molecule is C=CCCC=CC(=CC1N=C(N)/C(=C2/C=Cc3cc[nH]c3C2)c2ccccc21)N=C(C=C)C=C/C=C\CCC. The number of nitrogens with two attached hydrogens (primary N) is 1. The lowest BCUT2D eigenvalue weighted by Gasteiger charge is -2.25. The van der Waals surface area contributed by atoms with Crippen molar-refractivity contribution in [2.75, 3.05) is 0 Å². The molecule has 4 heteroatoms. The maximum atomic E-state index is 6.68. The van der Waals surface area contributed by atoms with E-state index in [1.54, 1.807) is 6.08 Å². The van der Waals surface area contributed by atoms with E-state index in [1.807, 2.05) is 30.5 Å². The molecule has 0 spiro atoms. The number of allylic oxidation sites excluding steroid dienone is 10. The van der Waals surface area contributed by atoms with Crippen LogP contribution in [-0.4, -0.2) is 16.5 Å². The molecule has 1 aliphatic heterocycles.